The van der Waals surface area contributed by atoms with E-state index in [1.807, 2.05) is 12.1 Å². The van der Waals surface area contributed by atoms with Gasteiger partial charge in [-0.25, -0.2) is 4.98 Å². The number of nitrogens with one attached hydrogen (secondary N) is 2. The van der Waals surface area contributed by atoms with Crippen molar-refractivity contribution in [3.05, 3.63) is 51.4 Å². The molecule has 0 aliphatic carbocycles. The Balaban J connectivity index is 2.02. The van der Waals surface area contributed by atoms with E-state index in [9.17, 15) is 4.79 Å². The zero-order chi connectivity index (χ0) is 14.1. The minimum atomic E-state index is -0.0230. The average Bonchev–Trinajstić information content (AvgIpc) is 2.47. The third-order valence-corrected chi connectivity index (χ3v) is 3.79. The second-order valence-electron chi connectivity index (χ2n) is 5.54. The summed E-state index contributed by atoms with van der Waals surface area (Å²) >= 11 is 0. The minimum absolute atomic E-state index is 0.0230. The molecular formula is C16H19N3O. The average molecular weight is 269 g/mol. The van der Waals surface area contributed by atoms with Gasteiger partial charge in [-0.3, -0.25) is 4.79 Å². The number of aromatic amines is 1. The number of rotatable bonds is 2. The van der Waals surface area contributed by atoms with Crippen molar-refractivity contribution in [2.24, 2.45) is 0 Å². The largest absolute Gasteiger partial charge is 0.312 e. The quantitative estimate of drug-likeness (QED) is 0.878. The van der Waals surface area contributed by atoms with E-state index >= 15 is 0 Å². The molecule has 0 radical (unpaired) electrons. The maximum Gasteiger partial charge on any atom is 0.255 e. The highest BCUT2D eigenvalue weighted by Crippen LogP contribution is 2.20. The van der Waals surface area contributed by atoms with Crippen LogP contribution in [0, 0.1) is 0 Å². The van der Waals surface area contributed by atoms with Gasteiger partial charge in [-0.15, -0.1) is 0 Å². The molecule has 4 nitrogen and oxygen atoms in total. The first-order chi connectivity index (χ1) is 9.65. The molecule has 1 aromatic heterocycles. The molecule has 1 aliphatic heterocycles. The Morgan fingerprint density at radius 1 is 1.20 bits per heavy atom. The van der Waals surface area contributed by atoms with Crippen molar-refractivity contribution in [3.63, 3.8) is 0 Å². The first-order valence-corrected chi connectivity index (χ1v) is 7.08. The lowest BCUT2D eigenvalue weighted by Crippen LogP contribution is -2.31. The van der Waals surface area contributed by atoms with Gasteiger partial charge in [0.15, 0.2) is 0 Å². The van der Waals surface area contributed by atoms with E-state index in [-0.39, 0.29) is 5.56 Å². The summed E-state index contributed by atoms with van der Waals surface area (Å²) in [5.74, 6) is 1.18. The molecular weight excluding hydrogens is 250 g/mol. The molecule has 0 saturated heterocycles. The number of benzene rings is 1. The van der Waals surface area contributed by atoms with Gasteiger partial charge < -0.3 is 10.3 Å². The number of hydrogen-bond donors (Lipinski definition) is 2. The maximum absolute atomic E-state index is 12.1. The standard InChI is InChI=1S/C16H19N3O/c1-10(2)11-3-5-12(6-4-11)15-18-14-7-8-17-9-13(14)16(20)19-15/h3-6,10,17H,7-9H2,1-2H3,(H,18,19,20). The fraction of sp³-hybridized carbons (Fsp3) is 0.375. The van der Waals surface area contributed by atoms with Crippen molar-refractivity contribution in [2.75, 3.05) is 6.54 Å². The minimum Gasteiger partial charge on any atom is -0.312 e. The number of aromatic nitrogens is 2. The van der Waals surface area contributed by atoms with E-state index in [2.05, 4.69) is 41.3 Å². The molecule has 3 rings (SSSR count). The van der Waals surface area contributed by atoms with Crippen LogP contribution in [0.3, 0.4) is 0 Å². The number of hydrogen-bond acceptors (Lipinski definition) is 3. The van der Waals surface area contributed by atoms with Gasteiger partial charge in [0, 0.05) is 25.1 Å². The molecule has 1 aromatic carbocycles. The summed E-state index contributed by atoms with van der Waals surface area (Å²) in [6.07, 6.45) is 0.816. The highest BCUT2D eigenvalue weighted by atomic mass is 16.1. The molecule has 0 spiro atoms. The predicted molar refractivity (Wildman–Crippen MR) is 79.8 cm³/mol. The Hall–Kier alpha value is -1.94. The highest BCUT2D eigenvalue weighted by Gasteiger charge is 2.15. The van der Waals surface area contributed by atoms with Crippen LogP contribution in [0.5, 0.6) is 0 Å². The van der Waals surface area contributed by atoms with Crippen LogP contribution in [0.2, 0.25) is 0 Å². The summed E-state index contributed by atoms with van der Waals surface area (Å²) in [7, 11) is 0. The Labute approximate surface area is 118 Å². The molecule has 104 valence electrons. The zero-order valence-electron chi connectivity index (χ0n) is 11.9. The fourth-order valence-corrected chi connectivity index (χ4v) is 2.52. The lowest BCUT2D eigenvalue weighted by molar-refractivity contribution is 0.621. The topological polar surface area (TPSA) is 57.8 Å². The van der Waals surface area contributed by atoms with Crippen LogP contribution in [0.25, 0.3) is 11.4 Å². The van der Waals surface area contributed by atoms with Crippen molar-refractivity contribution in [1.29, 1.82) is 0 Å². The Morgan fingerprint density at radius 3 is 2.65 bits per heavy atom. The Kier molecular flexibility index (Phi) is 3.40. The monoisotopic (exact) mass is 269 g/mol. The molecule has 0 saturated carbocycles. The van der Waals surface area contributed by atoms with Gasteiger partial charge in [0.05, 0.1) is 11.3 Å². The predicted octanol–water partition coefficient (Wildman–Crippen LogP) is 2.21. The van der Waals surface area contributed by atoms with E-state index in [1.165, 1.54) is 5.56 Å². The highest BCUT2D eigenvalue weighted by molar-refractivity contribution is 5.56. The SMILES string of the molecule is CC(C)c1ccc(-c2nc3c(c(=O)[nH]2)CNCC3)cc1. The number of H-pyrrole nitrogens is 1. The summed E-state index contributed by atoms with van der Waals surface area (Å²) in [6.45, 7) is 5.83. The molecule has 1 aliphatic rings. The van der Waals surface area contributed by atoms with Gasteiger partial charge in [0.2, 0.25) is 0 Å². The zero-order valence-corrected chi connectivity index (χ0v) is 11.9. The van der Waals surface area contributed by atoms with Crippen molar-refractivity contribution >= 4 is 0 Å². The van der Waals surface area contributed by atoms with Gasteiger partial charge in [-0.1, -0.05) is 38.1 Å². The summed E-state index contributed by atoms with van der Waals surface area (Å²) in [4.78, 5) is 19.6. The molecule has 2 aromatic rings. The second-order valence-corrected chi connectivity index (χ2v) is 5.54. The van der Waals surface area contributed by atoms with Gasteiger partial charge in [0.25, 0.3) is 5.56 Å². The van der Waals surface area contributed by atoms with E-state index in [4.69, 9.17) is 0 Å². The molecule has 0 bridgehead atoms. The van der Waals surface area contributed by atoms with Crippen LogP contribution in [0.1, 0.15) is 36.6 Å². The smallest absolute Gasteiger partial charge is 0.255 e. The van der Waals surface area contributed by atoms with Gasteiger partial charge in [-0.05, 0) is 11.5 Å². The summed E-state index contributed by atoms with van der Waals surface area (Å²) in [6, 6.07) is 8.25. The molecule has 4 heteroatoms. The maximum atomic E-state index is 12.1. The third-order valence-electron chi connectivity index (χ3n) is 3.79. The molecule has 0 atom stereocenters. The summed E-state index contributed by atoms with van der Waals surface area (Å²) in [5.41, 5.74) is 3.94. The molecule has 2 N–H and O–H groups in total. The van der Waals surface area contributed by atoms with Gasteiger partial charge in [0.1, 0.15) is 5.82 Å². The third kappa shape index (κ3) is 2.39. The van der Waals surface area contributed by atoms with Crippen molar-refractivity contribution < 1.29 is 0 Å². The number of fused-ring (bicyclic) bond motifs is 1. The van der Waals surface area contributed by atoms with Crippen LogP contribution < -0.4 is 10.9 Å². The van der Waals surface area contributed by atoms with Crippen molar-refractivity contribution in [3.8, 4) is 11.4 Å². The first-order valence-electron chi connectivity index (χ1n) is 7.08. The molecule has 0 amide bonds. The first kappa shape index (κ1) is 13.1. The van der Waals surface area contributed by atoms with Gasteiger partial charge in [-0.2, -0.15) is 0 Å². The van der Waals surface area contributed by atoms with E-state index < -0.39 is 0 Å². The van der Waals surface area contributed by atoms with E-state index in [0.717, 1.165) is 29.8 Å². The lowest BCUT2D eigenvalue weighted by Gasteiger charge is -2.16. The summed E-state index contributed by atoms with van der Waals surface area (Å²) < 4.78 is 0. The van der Waals surface area contributed by atoms with Crippen molar-refractivity contribution in [2.45, 2.75) is 32.7 Å². The normalized spacial score (nSPS) is 14.3. The van der Waals surface area contributed by atoms with Crippen LogP contribution >= 0.6 is 0 Å². The lowest BCUT2D eigenvalue weighted by atomic mass is 10.0. The van der Waals surface area contributed by atoms with Gasteiger partial charge >= 0.3 is 0 Å². The second kappa shape index (κ2) is 5.21. The molecule has 0 unspecified atom stereocenters. The van der Waals surface area contributed by atoms with Crippen LogP contribution in [-0.4, -0.2) is 16.5 Å². The molecule has 0 fully saturated rings. The van der Waals surface area contributed by atoms with E-state index in [0.29, 0.717) is 18.3 Å². The molecule has 2 heterocycles. The Morgan fingerprint density at radius 2 is 1.95 bits per heavy atom. The van der Waals surface area contributed by atoms with Crippen LogP contribution in [-0.2, 0) is 13.0 Å². The van der Waals surface area contributed by atoms with Crippen LogP contribution in [0.4, 0.5) is 0 Å². The van der Waals surface area contributed by atoms with Crippen molar-refractivity contribution in [1.82, 2.24) is 15.3 Å². The summed E-state index contributed by atoms with van der Waals surface area (Å²) in [5, 5.41) is 3.20. The van der Waals surface area contributed by atoms with E-state index in [1.54, 1.807) is 0 Å². The van der Waals surface area contributed by atoms with Crippen LogP contribution in [0.15, 0.2) is 29.1 Å². The fourth-order valence-electron chi connectivity index (χ4n) is 2.52. The number of nitrogens with zero attached hydrogens (tertiary/aromatic N) is 1. The Bertz CT molecular complexity index is 671. The molecule has 20 heavy (non-hydrogen) atoms.